The largest absolute Gasteiger partial charge is 0.417 e. The fourth-order valence-electron chi connectivity index (χ4n) is 2.62. The Bertz CT molecular complexity index is 1070. The highest BCUT2D eigenvalue weighted by atomic mass is 32.2. The average molecular weight is 367 g/mol. The van der Waals surface area contributed by atoms with Crippen molar-refractivity contribution in [2.24, 2.45) is 0 Å². The molecule has 0 saturated heterocycles. The van der Waals surface area contributed by atoms with Gasteiger partial charge in [-0.2, -0.15) is 13.2 Å². The maximum absolute atomic E-state index is 13.4. The summed E-state index contributed by atoms with van der Waals surface area (Å²) in [6.45, 7) is 0. The van der Waals surface area contributed by atoms with Crippen molar-refractivity contribution < 1.29 is 21.6 Å². The van der Waals surface area contributed by atoms with E-state index in [2.05, 4.69) is 4.98 Å². The van der Waals surface area contributed by atoms with E-state index in [0.29, 0.717) is 11.5 Å². The Labute approximate surface area is 141 Å². The fraction of sp³-hybridized carbons (Fsp3) is 0.0625. The summed E-state index contributed by atoms with van der Waals surface area (Å²) >= 11 is 0. The van der Waals surface area contributed by atoms with Crippen LogP contribution in [0.15, 0.2) is 58.6 Å². The monoisotopic (exact) mass is 367 g/mol. The first-order chi connectivity index (χ1) is 11.6. The maximum Gasteiger partial charge on any atom is 0.417 e. The normalized spacial score (nSPS) is 12.4. The topological polar surface area (TPSA) is 99.1 Å². The second-order valence-electron chi connectivity index (χ2n) is 5.34. The Morgan fingerprint density at radius 3 is 2.44 bits per heavy atom. The number of alkyl halides is 3. The Morgan fingerprint density at radius 1 is 1.04 bits per heavy atom. The number of benzene rings is 2. The van der Waals surface area contributed by atoms with E-state index in [9.17, 15) is 21.6 Å². The summed E-state index contributed by atoms with van der Waals surface area (Å²) in [6, 6.07) is 7.25. The molecule has 0 saturated carbocycles. The van der Waals surface area contributed by atoms with Crippen LogP contribution in [0.4, 0.5) is 24.5 Å². The van der Waals surface area contributed by atoms with Crippen molar-refractivity contribution >= 4 is 32.0 Å². The number of sulfone groups is 1. The molecular formula is C16H12F3N3O2S. The van der Waals surface area contributed by atoms with Crippen LogP contribution in [0.1, 0.15) is 5.56 Å². The fourth-order valence-corrected chi connectivity index (χ4v) is 4.41. The number of nitrogens with two attached hydrogens (primary N) is 2. The number of rotatable bonds is 2. The van der Waals surface area contributed by atoms with Crippen molar-refractivity contribution in [1.29, 1.82) is 0 Å². The summed E-state index contributed by atoms with van der Waals surface area (Å²) in [7, 11) is -4.56. The molecule has 2 aromatic carbocycles. The molecule has 0 spiro atoms. The minimum atomic E-state index is -4.93. The summed E-state index contributed by atoms with van der Waals surface area (Å²) in [5.74, 6) is 0. The number of aromatic nitrogens is 1. The number of fused-ring (bicyclic) bond motifs is 1. The van der Waals surface area contributed by atoms with Crippen molar-refractivity contribution in [1.82, 2.24) is 4.98 Å². The van der Waals surface area contributed by atoms with Crippen LogP contribution in [0.3, 0.4) is 0 Å². The van der Waals surface area contributed by atoms with Crippen molar-refractivity contribution in [3.05, 3.63) is 54.4 Å². The third-order valence-corrected chi connectivity index (χ3v) is 5.57. The molecule has 0 unspecified atom stereocenters. The number of pyridine rings is 1. The summed E-state index contributed by atoms with van der Waals surface area (Å²) in [5.41, 5.74) is 8.81. The van der Waals surface area contributed by atoms with Gasteiger partial charge in [-0.05, 0) is 24.3 Å². The first kappa shape index (κ1) is 17.0. The van der Waals surface area contributed by atoms with Crippen LogP contribution < -0.4 is 11.5 Å². The van der Waals surface area contributed by atoms with Gasteiger partial charge in [0, 0.05) is 28.9 Å². The zero-order valence-corrected chi connectivity index (χ0v) is 13.4. The molecule has 0 radical (unpaired) electrons. The number of halogens is 3. The van der Waals surface area contributed by atoms with E-state index in [1.54, 1.807) is 6.07 Å². The maximum atomic E-state index is 13.4. The quantitative estimate of drug-likeness (QED) is 0.678. The molecule has 1 aromatic heterocycles. The Kier molecular flexibility index (Phi) is 3.83. The molecule has 9 heteroatoms. The predicted molar refractivity (Wildman–Crippen MR) is 87.5 cm³/mol. The highest BCUT2D eigenvalue weighted by molar-refractivity contribution is 7.92. The third-order valence-electron chi connectivity index (χ3n) is 3.64. The molecule has 0 atom stereocenters. The smallest absolute Gasteiger partial charge is 0.399 e. The Hall–Kier alpha value is -2.81. The van der Waals surface area contributed by atoms with E-state index in [-0.39, 0.29) is 16.0 Å². The van der Waals surface area contributed by atoms with E-state index < -0.39 is 32.2 Å². The first-order valence-corrected chi connectivity index (χ1v) is 8.44. The molecule has 0 bridgehead atoms. The van der Waals surface area contributed by atoms with Gasteiger partial charge in [-0.25, -0.2) is 8.42 Å². The van der Waals surface area contributed by atoms with Crippen LogP contribution in [0, 0.1) is 0 Å². The van der Waals surface area contributed by atoms with Crippen LogP contribution in [0.5, 0.6) is 0 Å². The molecule has 25 heavy (non-hydrogen) atoms. The molecule has 0 aliphatic rings. The van der Waals surface area contributed by atoms with Gasteiger partial charge in [-0.3, -0.25) is 4.98 Å². The third kappa shape index (κ3) is 2.86. The number of nitrogens with zero attached hydrogens (tertiary/aromatic N) is 1. The number of nitrogen functional groups attached to an aromatic ring is 2. The van der Waals surface area contributed by atoms with E-state index >= 15 is 0 Å². The summed E-state index contributed by atoms with van der Waals surface area (Å²) < 4.78 is 66.2. The summed E-state index contributed by atoms with van der Waals surface area (Å²) in [5, 5.41) is 0.730. The average Bonchev–Trinajstić information content (AvgIpc) is 2.52. The lowest BCUT2D eigenvalue weighted by molar-refractivity contribution is -0.139. The first-order valence-electron chi connectivity index (χ1n) is 6.96. The molecule has 4 N–H and O–H groups in total. The highest BCUT2D eigenvalue weighted by Crippen LogP contribution is 2.41. The van der Waals surface area contributed by atoms with Crippen LogP contribution in [-0.2, 0) is 16.0 Å². The lowest BCUT2D eigenvalue weighted by atomic mass is 10.1. The van der Waals surface area contributed by atoms with E-state index in [1.807, 2.05) is 0 Å². The molecule has 1 heterocycles. The summed E-state index contributed by atoms with van der Waals surface area (Å²) in [6.07, 6.45) is -2.15. The van der Waals surface area contributed by atoms with Gasteiger partial charge in [0.1, 0.15) is 4.90 Å². The molecule has 0 aliphatic heterocycles. The summed E-state index contributed by atoms with van der Waals surface area (Å²) in [4.78, 5) is 2.59. The molecule has 5 nitrogen and oxygen atoms in total. The predicted octanol–water partition coefficient (Wildman–Crippen LogP) is 3.25. The lowest BCUT2D eigenvalue weighted by Crippen LogP contribution is -2.16. The van der Waals surface area contributed by atoms with E-state index in [1.165, 1.54) is 30.6 Å². The Morgan fingerprint density at radius 2 is 1.76 bits per heavy atom. The standard InChI is InChI=1S/C16H12F3N3O2S/c17-16(18,19)12-6-10(20)7-13(21)15(12)25(23,24)14-3-1-2-9-8-22-5-4-11(9)14/h1-8H,20-21H2. The van der Waals surface area contributed by atoms with Crippen molar-refractivity contribution in [3.8, 4) is 0 Å². The van der Waals surface area contributed by atoms with Crippen LogP contribution >= 0.6 is 0 Å². The molecule has 3 aromatic rings. The van der Waals surface area contributed by atoms with Gasteiger partial charge in [-0.15, -0.1) is 0 Å². The molecule has 3 rings (SSSR count). The molecule has 130 valence electrons. The van der Waals surface area contributed by atoms with Gasteiger partial charge in [0.15, 0.2) is 0 Å². The molecule has 0 fully saturated rings. The van der Waals surface area contributed by atoms with Gasteiger partial charge < -0.3 is 11.5 Å². The lowest BCUT2D eigenvalue weighted by Gasteiger charge is -2.17. The van der Waals surface area contributed by atoms with Crippen LogP contribution in [0.25, 0.3) is 10.8 Å². The molecular weight excluding hydrogens is 355 g/mol. The number of hydrogen-bond donors (Lipinski definition) is 2. The van der Waals surface area contributed by atoms with Gasteiger partial charge >= 0.3 is 6.18 Å². The van der Waals surface area contributed by atoms with E-state index in [4.69, 9.17) is 11.5 Å². The second-order valence-corrected chi connectivity index (χ2v) is 7.20. The second kappa shape index (κ2) is 5.62. The number of anilines is 2. The Balaban J connectivity index is 2.40. The van der Waals surface area contributed by atoms with Crippen LogP contribution in [-0.4, -0.2) is 13.4 Å². The van der Waals surface area contributed by atoms with Gasteiger partial charge in [0.2, 0.25) is 9.84 Å². The van der Waals surface area contributed by atoms with Crippen molar-refractivity contribution in [2.75, 3.05) is 11.5 Å². The van der Waals surface area contributed by atoms with E-state index in [0.717, 1.165) is 6.07 Å². The van der Waals surface area contributed by atoms with Gasteiger partial charge in [-0.1, -0.05) is 12.1 Å². The van der Waals surface area contributed by atoms with Crippen molar-refractivity contribution in [3.63, 3.8) is 0 Å². The highest BCUT2D eigenvalue weighted by Gasteiger charge is 2.39. The molecule has 0 aliphatic carbocycles. The molecule has 0 amide bonds. The number of hydrogen-bond acceptors (Lipinski definition) is 5. The minimum Gasteiger partial charge on any atom is -0.399 e. The zero-order chi connectivity index (χ0) is 18.4. The SMILES string of the molecule is Nc1cc(N)c(S(=O)(=O)c2cccc3cnccc23)c(C(F)(F)F)c1. The van der Waals surface area contributed by atoms with Gasteiger partial charge in [0.05, 0.1) is 16.1 Å². The van der Waals surface area contributed by atoms with Crippen LogP contribution in [0.2, 0.25) is 0 Å². The zero-order valence-electron chi connectivity index (χ0n) is 12.6. The minimum absolute atomic E-state index is 0.252. The van der Waals surface area contributed by atoms with Gasteiger partial charge in [0.25, 0.3) is 0 Å². The van der Waals surface area contributed by atoms with Crippen molar-refractivity contribution in [2.45, 2.75) is 16.0 Å².